The minimum Gasteiger partial charge on any atom is -0.467 e. The molecule has 2 aromatic rings. The Morgan fingerprint density at radius 3 is 2.55 bits per heavy atom. The van der Waals surface area contributed by atoms with E-state index in [4.69, 9.17) is 9.47 Å². The van der Waals surface area contributed by atoms with Gasteiger partial charge in [-0.2, -0.15) is 18.4 Å². The molecule has 0 aliphatic carbocycles. The highest BCUT2D eigenvalue weighted by molar-refractivity contribution is 5.98. The van der Waals surface area contributed by atoms with E-state index < -0.39 is 36.8 Å². The Morgan fingerprint density at radius 2 is 1.94 bits per heavy atom. The Bertz CT molecular complexity index is 1020. The number of ether oxygens (including phenoxy) is 2. The fourth-order valence-electron chi connectivity index (χ4n) is 2.76. The number of aromatic nitrogens is 1. The highest BCUT2D eigenvalue weighted by atomic mass is 19.4. The van der Waals surface area contributed by atoms with Gasteiger partial charge in [0.05, 0.1) is 12.2 Å². The first-order valence-corrected chi connectivity index (χ1v) is 9.21. The highest BCUT2D eigenvalue weighted by Gasteiger charge is 2.32. The molecule has 0 saturated heterocycles. The molecule has 1 amide bonds. The SMILES string of the molecule is CCOC(=O)CN(C(=O)COc1nc(C)cc(C)c1C#N)c1cccc(C(F)(F)F)c1. The Labute approximate surface area is 177 Å². The molecule has 0 atom stereocenters. The maximum absolute atomic E-state index is 13.1. The van der Waals surface area contributed by atoms with Crippen LogP contribution in [-0.2, 0) is 20.5 Å². The Hall–Kier alpha value is -3.61. The second kappa shape index (κ2) is 9.93. The topological polar surface area (TPSA) is 92.5 Å². The van der Waals surface area contributed by atoms with E-state index in [1.807, 2.05) is 6.07 Å². The van der Waals surface area contributed by atoms with Crippen LogP contribution in [0.5, 0.6) is 5.88 Å². The number of aryl methyl sites for hydroxylation is 2. The molecule has 1 aromatic carbocycles. The quantitative estimate of drug-likeness (QED) is 0.618. The number of nitriles is 1. The van der Waals surface area contributed by atoms with Gasteiger partial charge >= 0.3 is 12.1 Å². The maximum atomic E-state index is 13.1. The molecule has 0 aliphatic heterocycles. The van der Waals surface area contributed by atoms with Crippen molar-refractivity contribution in [3.05, 3.63) is 52.7 Å². The average molecular weight is 435 g/mol. The molecule has 1 heterocycles. The molecule has 1 aromatic heterocycles. The summed E-state index contributed by atoms with van der Waals surface area (Å²) in [4.78, 5) is 29.7. The summed E-state index contributed by atoms with van der Waals surface area (Å²) in [6.07, 6.45) is -4.63. The van der Waals surface area contributed by atoms with Crippen LogP contribution in [0.15, 0.2) is 30.3 Å². The number of hydrogen-bond acceptors (Lipinski definition) is 6. The Kier molecular flexibility index (Phi) is 7.58. The van der Waals surface area contributed by atoms with Crippen LogP contribution in [0.1, 0.15) is 29.3 Å². The normalized spacial score (nSPS) is 10.9. The molecule has 2 rings (SSSR count). The lowest BCUT2D eigenvalue weighted by Gasteiger charge is -2.23. The van der Waals surface area contributed by atoms with Crippen LogP contribution in [-0.4, -0.2) is 36.6 Å². The van der Waals surface area contributed by atoms with Crippen molar-refractivity contribution in [2.24, 2.45) is 0 Å². The summed E-state index contributed by atoms with van der Waals surface area (Å²) in [6, 6.07) is 7.61. The minimum absolute atomic E-state index is 0.0397. The third-order valence-electron chi connectivity index (χ3n) is 4.13. The number of carbonyl (C=O) groups is 2. The monoisotopic (exact) mass is 435 g/mol. The zero-order chi connectivity index (χ0) is 23.2. The van der Waals surface area contributed by atoms with E-state index in [0.29, 0.717) is 11.3 Å². The molecular weight excluding hydrogens is 415 g/mol. The number of alkyl halides is 3. The van der Waals surface area contributed by atoms with Crippen LogP contribution in [0.4, 0.5) is 18.9 Å². The molecule has 10 heteroatoms. The standard InChI is InChI=1S/C21H20F3N3O4/c1-4-30-19(29)11-27(16-7-5-6-15(9-16)21(22,23)24)18(28)12-31-20-17(10-25)13(2)8-14(3)26-20/h5-9H,4,11-12H2,1-3H3. The van der Waals surface area contributed by atoms with Crippen molar-refractivity contribution in [2.75, 3.05) is 24.7 Å². The fourth-order valence-corrected chi connectivity index (χ4v) is 2.76. The first-order chi connectivity index (χ1) is 14.6. The molecule has 0 N–H and O–H groups in total. The third-order valence-corrected chi connectivity index (χ3v) is 4.13. The van der Waals surface area contributed by atoms with Crippen molar-refractivity contribution >= 4 is 17.6 Å². The molecule has 164 valence electrons. The van der Waals surface area contributed by atoms with E-state index >= 15 is 0 Å². The van der Waals surface area contributed by atoms with Crippen molar-refractivity contribution in [3.63, 3.8) is 0 Å². The molecule has 31 heavy (non-hydrogen) atoms. The number of anilines is 1. The van der Waals surface area contributed by atoms with E-state index in [9.17, 15) is 28.0 Å². The van der Waals surface area contributed by atoms with Gasteiger partial charge in [-0.25, -0.2) is 4.98 Å². The lowest BCUT2D eigenvalue weighted by Crippen LogP contribution is -2.39. The van der Waals surface area contributed by atoms with Gasteiger partial charge in [-0.15, -0.1) is 0 Å². The van der Waals surface area contributed by atoms with Gasteiger partial charge in [-0.1, -0.05) is 6.07 Å². The predicted molar refractivity (Wildman–Crippen MR) is 104 cm³/mol. The van der Waals surface area contributed by atoms with Gasteiger partial charge in [-0.05, 0) is 50.6 Å². The van der Waals surface area contributed by atoms with Crippen LogP contribution >= 0.6 is 0 Å². The van der Waals surface area contributed by atoms with Gasteiger partial charge in [0, 0.05) is 11.4 Å². The molecule has 7 nitrogen and oxygen atoms in total. The Balaban J connectivity index is 2.32. The molecule has 0 bridgehead atoms. The molecule has 0 spiro atoms. The van der Waals surface area contributed by atoms with Gasteiger partial charge in [-0.3, -0.25) is 14.5 Å². The zero-order valence-electron chi connectivity index (χ0n) is 17.1. The summed E-state index contributed by atoms with van der Waals surface area (Å²) in [7, 11) is 0. The summed E-state index contributed by atoms with van der Waals surface area (Å²) in [5, 5.41) is 9.29. The number of rotatable bonds is 7. The van der Waals surface area contributed by atoms with E-state index in [0.717, 1.165) is 23.1 Å². The summed E-state index contributed by atoms with van der Waals surface area (Å²) < 4.78 is 49.5. The zero-order valence-corrected chi connectivity index (χ0v) is 17.1. The molecule has 0 aliphatic rings. The van der Waals surface area contributed by atoms with E-state index in [1.165, 1.54) is 6.07 Å². The van der Waals surface area contributed by atoms with Gasteiger partial charge in [0.1, 0.15) is 18.2 Å². The van der Waals surface area contributed by atoms with Crippen molar-refractivity contribution in [3.8, 4) is 11.9 Å². The average Bonchev–Trinajstić information content (AvgIpc) is 2.69. The van der Waals surface area contributed by atoms with E-state index in [2.05, 4.69) is 4.98 Å². The predicted octanol–water partition coefficient (Wildman–Crippen LogP) is 3.56. The fraction of sp³-hybridized carbons (Fsp3) is 0.333. The molecule has 0 unspecified atom stereocenters. The number of hydrogen-bond donors (Lipinski definition) is 0. The smallest absolute Gasteiger partial charge is 0.416 e. The number of benzene rings is 1. The van der Waals surface area contributed by atoms with Crippen molar-refractivity contribution < 1.29 is 32.2 Å². The Morgan fingerprint density at radius 1 is 1.23 bits per heavy atom. The first kappa shape index (κ1) is 23.7. The second-order valence-corrected chi connectivity index (χ2v) is 6.49. The number of amides is 1. The number of pyridine rings is 1. The van der Waals surface area contributed by atoms with Gasteiger partial charge < -0.3 is 9.47 Å². The lowest BCUT2D eigenvalue weighted by molar-refractivity contribution is -0.142. The van der Waals surface area contributed by atoms with Crippen LogP contribution < -0.4 is 9.64 Å². The third kappa shape index (κ3) is 6.18. The van der Waals surface area contributed by atoms with Gasteiger partial charge in [0.15, 0.2) is 6.61 Å². The molecule has 0 fully saturated rings. The van der Waals surface area contributed by atoms with Crippen LogP contribution in [0.25, 0.3) is 0 Å². The maximum Gasteiger partial charge on any atom is 0.416 e. The highest BCUT2D eigenvalue weighted by Crippen LogP contribution is 2.31. The van der Waals surface area contributed by atoms with Crippen molar-refractivity contribution in [1.82, 2.24) is 4.98 Å². The summed E-state index contributed by atoms with van der Waals surface area (Å²) in [5.41, 5.74) is 0.161. The summed E-state index contributed by atoms with van der Waals surface area (Å²) in [6.45, 7) is 3.70. The lowest BCUT2D eigenvalue weighted by atomic mass is 10.1. The van der Waals surface area contributed by atoms with Crippen LogP contribution in [0.3, 0.4) is 0 Å². The van der Waals surface area contributed by atoms with Gasteiger partial charge in [0.25, 0.3) is 5.91 Å². The second-order valence-electron chi connectivity index (χ2n) is 6.49. The minimum atomic E-state index is -4.63. The molecule has 0 saturated carbocycles. The summed E-state index contributed by atoms with van der Waals surface area (Å²) in [5.74, 6) is -1.68. The molecule has 0 radical (unpaired) electrons. The first-order valence-electron chi connectivity index (χ1n) is 9.21. The molecular formula is C21H20F3N3O4. The van der Waals surface area contributed by atoms with E-state index in [1.54, 1.807) is 26.8 Å². The van der Waals surface area contributed by atoms with Gasteiger partial charge in [0.2, 0.25) is 5.88 Å². The van der Waals surface area contributed by atoms with Crippen LogP contribution in [0, 0.1) is 25.2 Å². The number of carbonyl (C=O) groups excluding carboxylic acids is 2. The largest absolute Gasteiger partial charge is 0.467 e. The number of nitrogens with zero attached hydrogens (tertiary/aromatic N) is 3. The van der Waals surface area contributed by atoms with Crippen molar-refractivity contribution in [2.45, 2.75) is 26.9 Å². The van der Waals surface area contributed by atoms with E-state index in [-0.39, 0.29) is 23.7 Å². The number of halogens is 3. The summed E-state index contributed by atoms with van der Waals surface area (Å²) >= 11 is 0. The number of esters is 1. The van der Waals surface area contributed by atoms with Crippen LogP contribution in [0.2, 0.25) is 0 Å². The van der Waals surface area contributed by atoms with Crippen molar-refractivity contribution in [1.29, 1.82) is 5.26 Å².